The van der Waals surface area contributed by atoms with Crippen molar-refractivity contribution in [3.8, 4) is 0 Å². The molecule has 34 heavy (non-hydrogen) atoms. The minimum atomic E-state index is 0.283. The first-order valence-corrected chi connectivity index (χ1v) is 13.4. The zero-order valence-corrected chi connectivity index (χ0v) is 21.6. The Morgan fingerprint density at radius 3 is 2.26 bits per heavy atom. The number of nitrogens with zero attached hydrogens (tertiary/aromatic N) is 3. The van der Waals surface area contributed by atoms with Crippen LogP contribution in [0.1, 0.15) is 70.4 Å². The summed E-state index contributed by atoms with van der Waals surface area (Å²) in [6.07, 6.45) is 9.48. The van der Waals surface area contributed by atoms with E-state index in [1.54, 1.807) is 11.8 Å². The lowest BCUT2D eigenvalue weighted by Crippen LogP contribution is -2.46. The van der Waals surface area contributed by atoms with E-state index < -0.39 is 0 Å². The van der Waals surface area contributed by atoms with Crippen LogP contribution in [0.4, 0.5) is 11.4 Å². The van der Waals surface area contributed by atoms with E-state index in [1.165, 1.54) is 42.6 Å². The Morgan fingerprint density at radius 2 is 1.62 bits per heavy atom. The highest BCUT2D eigenvalue weighted by Gasteiger charge is 2.31. The van der Waals surface area contributed by atoms with E-state index in [1.807, 2.05) is 6.26 Å². The molecule has 3 heterocycles. The molecule has 2 atom stereocenters. The van der Waals surface area contributed by atoms with E-state index in [-0.39, 0.29) is 12.2 Å². The number of anilines is 2. The number of hydrogen-bond donors (Lipinski definition) is 0. The number of morpholine rings is 1. The molecule has 0 N–H and O–H groups in total. The lowest BCUT2D eigenvalue weighted by Gasteiger charge is -2.41. The Bertz CT molecular complexity index is 913. The third kappa shape index (κ3) is 5.46. The fraction of sp³-hybridized carbons (Fsp3) is 0.655. The van der Waals surface area contributed by atoms with Crippen LogP contribution in [-0.2, 0) is 11.3 Å². The quantitative estimate of drug-likeness (QED) is 0.549. The number of rotatable bonds is 5. The summed E-state index contributed by atoms with van der Waals surface area (Å²) in [5.41, 5.74) is 6.21. The van der Waals surface area contributed by atoms with Crippen molar-refractivity contribution in [2.45, 2.75) is 78.0 Å². The maximum Gasteiger partial charge on any atom is 0.0947 e. The Labute approximate surface area is 206 Å². The summed E-state index contributed by atoms with van der Waals surface area (Å²) in [5, 5.41) is 0. The number of piperazine rings is 1. The molecule has 2 aromatic rings. The third-order valence-corrected chi connectivity index (χ3v) is 8.27. The van der Waals surface area contributed by atoms with Gasteiger partial charge in [0.1, 0.15) is 0 Å². The van der Waals surface area contributed by atoms with Crippen molar-refractivity contribution in [1.82, 2.24) is 4.90 Å². The van der Waals surface area contributed by atoms with E-state index in [4.69, 9.17) is 9.15 Å². The molecule has 1 aromatic carbocycles. The Morgan fingerprint density at radius 1 is 0.912 bits per heavy atom. The molecule has 5 rings (SSSR count). The summed E-state index contributed by atoms with van der Waals surface area (Å²) < 4.78 is 11.3. The van der Waals surface area contributed by atoms with Crippen LogP contribution >= 0.6 is 0 Å². The molecule has 5 nitrogen and oxygen atoms in total. The summed E-state index contributed by atoms with van der Waals surface area (Å²) in [6, 6.07) is 9.43. The van der Waals surface area contributed by atoms with Crippen molar-refractivity contribution < 1.29 is 9.15 Å². The van der Waals surface area contributed by atoms with Crippen molar-refractivity contribution in [1.29, 1.82) is 0 Å². The predicted octanol–water partition coefficient (Wildman–Crippen LogP) is 5.90. The molecular formula is C29H43N3O2. The van der Waals surface area contributed by atoms with Gasteiger partial charge in [0.05, 0.1) is 24.7 Å². The molecule has 3 fully saturated rings. The number of ether oxygens (including phenoxy) is 1. The predicted molar refractivity (Wildman–Crippen MR) is 140 cm³/mol. The summed E-state index contributed by atoms with van der Waals surface area (Å²) in [6.45, 7) is 16.6. The number of furan rings is 1. The lowest BCUT2D eigenvalue weighted by molar-refractivity contribution is -0.00522. The van der Waals surface area contributed by atoms with Gasteiger partial charge in [-0.25, -0.2) is 0 Å². The highest BCUT2D eigenvalue weighted by Crippen LogP contribution is 2.46. The second kappa shape index (κ2) is 9.94. The molecule has 2 unspecified atom stereocenters. The highest BCUT2D eigenvalue weighted by molar-refractivity contribution is 5.64. The van der Waals surface area contributed by atoms with Gasteiger partial charge in [0.25, 0.3) is 0 Å². The van der Waals surface area contributed by atoms with Gasteiger partial charge in [0.15, 0.2) is 0 Å². The largest absolute Gasteiger partial charge is 0.472 e. The first kappa shape index (κ1) is 23.7. The number of hydrogen-bond acceptors (Lipinski definition) is 5. The van der Waals surface area contributed by atoms with Gasteiger partial charge in [-0.15, -0.1) is 0 Å². The van der Waals surface area contributed by atoms with E-state index in [0.29, 0.717) is 11.3 Å². The molecule has 1 saturated carbocycles. The Hall–Kier alpha value is -1.98. The van der Waals surface area contributed by atoms with Gasteiger partial charge < -0.3 is 19.0 Å². The van der Waals surface area contributed by atoms with Crippen molar-refractivity contribution in [2.24, 2.45) is 5.41 Å². The minimum absolute atomic E-state index is 0.283. The van der Waals surface area contributed by atoms with Gasteiger partial charge in [0.2, 0.25) is 0 Å². The van der Waals surface area contributed by atoms with Crippen LogP contribution in [0.3, 0.4) is 0 Å². The fourth-order valence-corrected chi connectivity index (χ4v) is 6.24. The fourth-order valence-electron chi connectivity index (χ4n) is 6.24. The molecule has 2 aliphatic heterocycles. The standard InChI is InChI=1S/C29H43N3O2/c1-22-18-32(19-23(2)34-22)26-5-6-28(27(17-26)25-7-10-29(3,4)11-8-25)31-14-12-30(13-15-31)20-24-9-16-33-21-24/h5-6,9,16-17,21-23,25H,7-8,10-15,18-20H2,1-4H3. The van der Waals surface area contributed by atoms with Crippen LogP contribution in [0.15, 0.2) is 41.2 Å². The molecular weight excluding hydrogens is 422 g/mol. The molecule has 0 radical (unpaired) electrons. The SMILES string of the molecule is CC1CN(c2ccc(N3CCN(Cc4ccoc4)CC3)c(C3CCC(C)(C)CC3)c2)CC(C)O1. The zero-order valence-electron chi connectivity index (χ0n) is 21.6. The molecule has 0 amide bonds. The smallest absolute Gasteiger partial charge is 0.0947 e. The van der Waals surface area contributed by atoms with Gasteiger partial charge in [-0.2, -0.15) is 0 Å². The van der Waals surface area contributed by atoms with Crippen LogP contribution in [0.5, 0.6) is 0 Å². The van der Waals surface area contributed by atoms with E-state index >= 15 is 0 Å². The van der Waals surface area contributed by atoms with E-state index in [2.05, 4.69) is 66.7 Å². The summed E-state index contributed by atoms with van der Waals surface area (Å²) >= 11 is 0. The highest BCUT2D eigenvalue weighted by atomic mass is 16.5. The van der Waals surface area contributed by atoms with Crippen LogP contribution < -0.4 is 9.80 Å². The molecule has 1 aliphatic carbocycles. The zero-order chi connectivity index (χ0) is 23.7. The first-order chi connectivity index (χ1) is 16.4. The first-order valence-electron chi connectivity index (χ1n) is 13.4. The lowest BCUT2D eigenvalue weighted by atomic mass is 9.71. The second-order valence-electron chi connectivity index (χ2n) is 11.7. The monoisotopic (exact) mass is 465 g/mol. The summed E-state index contributed by atoms with van der Waals surface area (Å²) in [4.78, 5) is 7.74. The topological polar surface area (TPSA) is 32.1 Å². The van der Waals surface area contributed by atoms with Crippen LogP contribution in [-0.4, -0.2) is 56.4 Å². The molecule has 5 heteroatoms. The van der Waals surface area contributed by atoms with Crippen molar-refractivity contribution >= 4 is 11.4 Å². The second-order valence-corrected chi connectivity index (χ2v) is 11.7. The molecule has 0 bridgehead atoms. The van der Waals surface area contributed by atoms with Crippen molar-refractivity contribution in [3.05, 3.63) is 47.9 Å². The molecule has 0 spiro atoms. The Balaban J connectivity index is 1.35. The van der Waals surface area contributed by atoms with Gasteiger partial charge in [-0.1, -0.05) is 13.8 Å². The average Bonchev–Trinajstić information content (AvgIpc) is 3.32. The van der Waals surface area contributed by atoms with Crippen LogP contribution in [0, 0.1) is 5.41 Å². The van der Waals surface area contributed by atoms with E-state index in [0.717, 1.165) is 45.8 Å². The molecule has 186 valence electrons. The van der Waals surface area contributed by atoms with E-state index in [9.17, 15) is 0 Å². The van der Waals surface area contributed by atoms with Crippen LogP contribution in [0.2, 0.25) is 0 Å². The minimum Gasteiger partial charge on any atom is -0.472 e. The molecule has 3 aliphatic rings. The maximum atomic E-state index is 6.01. The Kier molecular flexibility index (Phi) is 6.95. The van der Waals surface area contributed by atoms with Gasteiger partial charge in [-0.05, 0) is 80.7 Å². The molecule has 2 saturated heterocycles. The van der Waals surface area contributed by atoms with Gasteiger partial charge >= 0.3 is 0 Å². The summed E-state index contributed by atoms with van der Waals surface area (Å²) in [5.74, 6) is 0.669. The van der Waals surface area contributed by atoms with Gasteiger partial charge in [-0.3, -0.25) is 4.90 Å². The van der Waals surface area contributed by atoms with Crippen molar-refractivity contribution in [3.63, 3.8) is 0 Å². The summed E-state index contributed by atoms with van der Waals surface area (Å²) in [7, 11) is 0. The molecule has 1 aromatic heterocycles. The average molecular weight is 466 g/mol. The third-order valence-electron chi connectivity index (χ3n) is 8.27. The maximum absolute atomic E-state index is 6.01. The van der Waals surface area contributed by atoms with Crippen LogP contribution in [0.25, 0.3) is 0 Å². The van der Waals surface area contributed by atoms with Gasteiger partial charge in [0, 0.05) is 62.8 Å². The van der Waals surface area contributed by atoms with Crippen molar-refractivity contribution in [2.75, 3.05) is 49.1 Å². The number of benzene rings is 1. The normalized spacial score (nSPS) is 26.7.